The molecule has 1 nitrogen and oxygen atoms in total. The molecule has 0 spiro atoms. The first-order chi connectivity index (χ1) is 6.36. The van der Waals surface area contributed by atoms with E-state index >= 15 is 0 Å². The van der Waals surface area contributed by atoms with Gasteiger partial charge >= 0.3 is 6.18 Å². The first kappa shape index (κ1) is 11.5. The minimum Gasteiger partial charge on any atom is -0.392 e. The average molecular weight is 269 g/mol. The summed E-state index contributed by atoms with van der Waals surface area (Å²) >= 11 is 2.97. The molecule has 0 fully saturated rings. The van der Waals surface area contributed by atoms with E-state index < -0.39 is 18.3 Å². The van der Waals surface area contributed by atoms with Crippen LogP contribution >= 0.6 is 15.9 Å². The molecule has 5 heteroatoms. The van der Waals surface area contributed by atoms with Crippen LogP contribution in [0.25, 0.3) is 0 Å². The Morgan fingerprint density at radius 3 is 2.36 bits per heavy atom. The summed E-state index contributed by atoms with van der Waals surface area (Å²) in [5.41, 5.74) is -0.356. The van der Waals surface area contributed by atoms with E-state index in [2.05, 4.69) is 15.9 Å². The van der Waals surface area contributed by atoms with Crippen molar-refractivity contribution in [3.05, 3.63) is 33.3 Å². The van der Waals surface area contributed by atoms with Crippen LogP contribution in [0.2, 0.25) is 0 Å². The van der Waals surface area contributed by atoms with Crippen LogP contribution in [-0.2, 0) is 12.8 Å². The fourth-order valence-corrected chi connectivity index (χ4v) is 1.70. The number of rotatable bonds is 1. The number of hydrogen-bond donors (Lipinski definition) is 1. The molecule has 14 heavy (non-hydrogen) atoms. The topological polar surface area (TPSA) is 20.2 Å². The Kier molecular flexibility index (Phi) is 3.21. The third-order valence-corrected chi connectivity index (χ3v) is 2.41. The Morgan fingerprint density at radius 2 is 1.93 bits per heavy atom. The molecular formula is C9H8BrF3O. The van der Waals surface area contributed by atoms with Gasteiger partial charge in [-0.05, 0) is 30.2 Å². The molecule has 0 heterocycles. The van der Waals surface area contributed by atoms with Crippen molar-refractivity contribution < 1.29 is 18.3 Å². The summed E-state index contributed by atoms with van der Waals surface area (Å²) in [6.45, 7) is 0.954. The van der Waals surface area contributed by atoms with Gasteiger partial charge in [-0.1, -0.05) is 15.9 Å². The number of aliphatic hydroxyl groups excluding tert-OH is 1. The minimum absolute atomic E-state index is 0.0724. The highest BCUT2D eigenvalue weighted by Gasteiger charge is 2.33. The van der Waals surface area contributed by atoms with E-state index in [-0.39, 0.29) is 11.1 Å². The second kappa shape index (κ2) is 3.90. The van der Waals surface area contributed by atoms with Crippen molar-refractivity contribution in [2.24, 2.45) is 0 Å². The molecule has 0 aromatic heterocycles. The molecule has 0 amide bonds. The summed E-state index contributed by atoms with van der Waals surface area (Å²) in [5.74, 6) is 0. The van der Waals surface area contributed by atoms with Gasteiger partial charge in [0.25, 0.3) is 0 Å². The SMILES string of the molecule is Cc1c(CO)cc(Br)cc1C(F)(F)F. The molecule has 1 N–H and O–H groups in total. The van der Waals surface area contributed by atoms with Crippen LogP contribution in [0.5, 0.6) is 0 Å². The molecule has 0 saturated heterocycles. The Balaban J connectivity index is 3.37. The predicted molar refractivity (Wildman–Crippen MR) is 49.8 cm³/mol. The maximum Gasteiger partial charge on any atom is 0.416 e. The maximum absolute atomic E-state index is 12.4. The molecular weight excluding hydrogens is 261 g/mol. The predicted octanol–water partition coefficient (Wildman–Crippen LogP) is 3.27. The van der Waals surface area contributed by atoms with Gasteiger partial charge in [-0.25, -0.2) is 0 Å². The van der Waals surface area contributed by atoms with Crippen molar-refractivity contribution in [3.63, 3.8) is 0 Å². The van der Waals surface area contributed by atoms with Crippen LogP contribution in [0.4, 0.5) is 13.2 Å². The second-order valence-electron chi connectivity index (χ2n) is 2.89. The lowest BCUT2D eigenvalue weighted by atomic mass is 10.0. The molecule has 1 rings (SSSR count). The Hall–Kier alpha value is -0.550. The summed E-state index contributed by atoms with van der Waals surface area (Å²) in [7, 11) is 0. The van der Waals surface area contributed by atoms with Crippen LogP contribution < -0.4 is 0 Å². The average Bonchev–Trinajstić information content (AvgIpc) is 2.06. The highest BCUT2D eigenvalue weighted by atomic mass is 79.9. The van der Waals surface area contributed by atoms with Crippen LogP contribution in [0.3, 0.4) is 0 Å². The summed E-state index contributed by atoms with van der Waals surface area (Å²) in [6.07, 6.45) is -4.38. The van der Waals surface area contributed by atoms with Crippen molar-refractivity contribution in [1.82, 2.24) is 0 Å². The molecule has 78 valence electrons. The van der Waals surface area contributed by atoms with Crippen molar-refractivity contribution in [2.75, 3.05) is 0 Å². The molecule has 0 atom stereocenters. The van der Waals surface area contributed by atoms with Crippen LogP contribution in [0, 0.1) is 6.92 Å². The van der Waals surface area contributed by atoms with Gasteiger partial charge in [-0.15, -0.1) is 0 Å². The highest BCUT2D eigenvalue weighted by molar-refractivity contribution is 9.10. The molecule has 1 aromatic rings. The van der Waals surface area contributed by atoms with E-state index in [0.717, 1.165) is 6.07 Å². The largest absolute Gasteiger partial charge is 0.416 e. The van der Waals surface area contributed by atoms with Gasteiger partial charge in [0.05, 0.1) is 12.2 Å². The van der Waals surface area contributed by atoms with Gasteiger partial charge in [0.2, 0.25) is 0 Å². The molecule has 0 unspecified atom stereocenters. The smallest absolute Gasteiger partial charge is 0.392 e. The lowest BCUT2D eigenvalue weighted by Crippen LogP contribution is -2.09. The van der Waals surface area contributed by atoms with E-state index in [0.29, 0.717) is 4.47 Å². The van der Waals surface area contributed by atoms with Crippen molar-refractivity contribution in [3.8, 4) is 0 Å². The summed E-state index contributed by atoms with van der Waals surface area (Å²) < 4.78 is 37.6. The summed E-state index contributed by atoms with van der Waals surface area (Å²) in [5, 5.41) is 8.84. The molecule has 0 saturated carbocycles. The van der Waals surface area contributed by atoms with Gasteiger partial charge in [0.1, 0.15) is 0 Å². The second-order valence-corrected chi connectivity index (χ2v) is 3.81. The van der Waals surface area contributed by atoms with Gasteiger partial charge < -0.3 is 5.11 Å². The third-order valence-electron chi connectivity index (χ3n) is 1.96. The first-order valence-electron chi connectivity index (χ1n) is 3.83. The normalized spacial score (nSPS) is 11.9. The number of benzene rings is 1. The number of halogens is 4. The van der Waals surface area contributed by atoms with Gasteiger partial charge in [0.15, 0.2) is 0 Å². The van der Waals surface area contributed by atoms with E-state index in [1.807, 2.05) is 0 Å². The maximum atomic E-state index is 12.4. The first-order valence-corrected chi connectivity index (χ1v) is 4.62. The van der Waals surface area contributed by atoms with E-state index in [9.17, 15) is 13.2 Å². The van der Waals surface area contributed by atoms with Crippen LogP contribution in [-0.4, -0.2) is 5.11 Å². The highest BCUT2D eigenvalue weighted by Crippen LogP contribution is 2.35. The monoisotopic (exact) mass is 268 g/mol. The van der Waals surface area contributed by atoms with E-state index in [4.69, 9.17) is 5.11 Å². The molecule has 0 radical (unpaired) electrons. The molecule has 0 bridgehead atoms. The third kappa shape index (κ3) is 2.27. The van der Waals surface area contributed by atoms with Crippen LogP contribution in [0.15, 0.2) is 16.6 Å². The molecule has 0 aliphatic heterocycles. The fourth-order valence-electron chi connectivity index (χ4n) is 1.19. The van der Waals surface area contributed by atoms with Crippen molar-refractivity contribution >= 4 is 15.9 Å². The fraction of sp³-hybridized carbons (Fsp3) is 0.333. The lowest BCUT2D eigenvalue weighted by Gasteiger charge is -2.13. The lowest BCUT2D eigenvalue weighted by molar-refractivity contribution is -0.138. The molecule has 1 aromatic carbocycles. The molecule has 0 aliphatic rings. The van der Waals surface area contributed by atoms with E-state index in [1.165, 1.54) is 13.0 Å². The Labute approximate surface area is 87.7 Å². The van der Waals surface area contributed by atoms with E-state index in [1.54, 1.807) is 0 Å². The number of alkyl halides is 3. The Morgan fingerprint density at radius 1 is 1.36 bits per heavy atom. The summed E-state index contributed by atoms with van der Waals surface area (Å²) in [6, 6.07) is 2.49. The number of aliphatic hydroxyl groups is 1. The van der Waals surface area contributed by atoms with Crippen LogP contribution in [0.1, 0.15) is 16.7 Å². The van der Waals surface area contributed by atoms with Gasteiger partial charge in [-0.2, -0.15) is 13.2 Å². The van der Waals surface area contributed by atoms with Crippen molar-refractivity contribution in [1.29, 1.82) is 0 Å². The van der Waals surface area contributed by atoms with Gasteiger partial charge in [-0.3, -0.25) is 0 Å². The zero-order valence-corrected chi connectivity index (χ0v) is 8.91. The Bertz CT molecular complexity index is 347. The quantitative estimate of drug-likeness (QED) is 0.829. The van der Waals surface area contributed by atoms with Gasteiger partial charge in [0, 0.05) is 4.47 Å². The van der Waals surface area contributed by atoms with Crippen molar-refractivity contribution in [2.45, 2.75) is 19.7 Å². The summed E-state index contributed by atoms with van der Waals surface area (Å²) in [4.78, 5) is 0. The number of hydrogen-bond acceptors (Lipinski definition) is 1. The minimum atomic E-state index is -4.38. The standard InChI is InChI=1S/C9H8BrF3O/c1-5-6(4-14)2-7(10)3-8(5)9(11,12)13/h2-3,14H,4H2,1H3. The zero-order chi connectivity index (χ0) is 10.9. The zero-order valence-electron chi connectivity index (χ0n) is 7.32. The molecule has 0 aliphatic carbocycles.